The van der Waals surface area contributed by atoms with Crippen LogP contribution in [0.5, 0.6) is 5.75 Å². The predicted octanol–water partition coefficient (Wildman–Crippen LogP) is 1.21. The Bertz CT molecular complexity index is 365. The van der Waals surface area contributed by atoms with Gasteiger partial charge in [-0.1, -0.05) is 0 Å². The van der Waals surface area contributed by atoms with Gasteiger partial charge in [0, 0.05) is 19.2 Å². The van der Waals surface area contributed by atoms with E-state index in [1.807, 2.05) is 12.1 Å². The van der Waals surface area contributed by atoms with Crippen LogP contribution < -0.4 is 10.1 Å². The van der Waals surface area contributed by atoms with E-state index in [-0.39, 0.29) is 42.9 Å². The maximum Gasteiger partial charge on any atom is 0.323 e. The summed E-state index contributed by atoms with van der Waals surface area (Å²) in [6, 6.07) is 3.40. The SMILES string of the molecule is COC(=O)[C@H]1C[C@@H](Oc2cccnc2)CN1.Cl.Cl. The van der Waals surface area contributed by atoms with Crippen LogP contribution in [0.2, 0.25) is 0 Å². The first-order valence-electron chi connectivity index (χ1n) is 5.17. The van der Waals surface area contributed by atoms with Gasteiger partial charge in [-0.2, -0.15) is 0 Å². The summed E-state index contributed by atoms with van der Waals surface area (Å²) < 4.78 is 10.3. The van der Waals surface area contributed by atoms with E-state index in [1.165, 1.54) is 7.11 Å². The van der Waals surface area contributed by atoms with Crippen molar-refractivity contribution >= 4 is 30.8 Å². The molecule has 0 bridgehead atoms. The van der Waals surface area contributed by atoms with Gasteiger partial charge in [0.15, 0.2) is 0 Å². The zero-order valence-corrected chi connectivity index (χ0v) is 11.5. The van der Waals surface area contributed by atoms with Crippen LogP contribution in [0.15, 0.2) is 24.5 Å². The Labute approximate surface area is 118 Å². The minimum absolute atomic E-state index is 0. The number of ether oxygens (including phenoxy) is 2. The summed E-state index contributed by atoms with van der Waals surface area (Å²) in [7, 11) is 1.39. The fourth-order valence-electron chi connectivity index (χ4n) is 1.72. The highest BCUT2D eigenvalue weighted by molar-refractivity contribution is 5.85. The molecule has 2 heterocycles. The number of nitrogens with zero attached hydrogens (tertiary/aromatic N) is 1. The van der Waals surface area contributed by atoms with E-state index < -0.39 is 0 Å². The number of methoxy groups -OCH3 is 1. The van der Waals surface area contributed by atoms with Crippen molar-refractivity contribution in [3.63, 3.8) is 0 Å². The second-order valence-electron chi connectivity index (χ2n) is 3.65. The molecular formula is C11H16Cl2N2O3. The maximum absolute atomic E-state index is 11.3. The molecule has 1 aromatic rings. The molecule has 2 atom stereocenters. The monoisotopic (exact) mass is 294 g/mol. The van der Waals surface area contributed by atoms with Crippen LogP contribution in [0.3, 0.4) is 0 Å². The van der Waals surface area contributed by atoms with Gasteiger partial charge < -0.3 is 14.8 Å². The van der Waals surface area contributed by atoms with Crippen molar-refractivity contribution in [2.45, 2.75) is 18.6 Å². The van der Waals surface area contributed by atoms with Crippen molar-refractivity contribution in [1.29, 1.82) is 0 Å². The largest absolute Gasteiger partial charge is 0.487 e. The summed E-state index contributed by atoms with van der Waals surface area (Å²) in [6.07, 6.45) is 3.97. The van der Waals surface area contributed by atoms with Crippen LogP contribution in [0, 0.1) is 0 Å². The molecule has 0 unspecified atom stereocenters. The Morgan fingerprint density at radius 2 is 2.28 bits per heavy atom. The first-order valence-corrected chi connectivity index (χ1v) is 5.17. The molecule has 5 nitrogen and oxygen atoms in total. The molecule has 0 spiro atoms. The predicted molar refractivity (Wildman–Crippen MR) is 71.6 cm³/mol. The van der Waals surface area contributed by atoms with Gasteiger partial charge in [0.1, 0.15) is 17.9 Å². The lowest BCUT2D eigenvalue weighted by atomic mass is 10.2. The van der Waals surface area contributed by atoms with Crippen LogP contribution in [0.25, 0.3) is 0 Å². The molecule has 0 aliphatic carbocycles. The number of hydrogen-bond donors (Lipinski definition) is 1. The minimum Gasteiger partial charge on any atom is -0.487 e. The number of pyridine rings is 1. The lowest BCUT2D eigenvalue weighted by molar-refractivity contribution is -0.142. The number of carbonyl (C=O) groups is 1. The van der Waals surface area contributed by atoms with Crippen molar-refractivity contribution < 1.29 is 14.3 Å². The quantitative estimate of drug-likeness (QED) is 0.849. The van der Waals surface area contributed by atoms with Gasteiger partial charge in [0.25, 0.3) is 0 Å². The molecule has 7 heteroatoms. The zero-order chi connectivity index (χ0) is 11.4. The molecule has 1 saturated heterocycles. The summed E-state index contributed by atoms with van der Waals surface area (Å²) in [5.74, 6) is 0.483. The third-order valence-electron chi connectivity index (χ3n) is 2.51. The zero-order valence-electron chi connectivity index (χ0n) is 9.87. The van der Waals surface area contributed by atoms with E-state index in [9.17, 15) is 4.79 Å². The Balaban J connectivity index is 0.00000144. The summed E-state index contributed by atoms with van der Waals surface area (Å²) in [5.41, 5.74) is 0. The molecular weight excluding hydrogens is 279 g/mol. The van der Waals surface area contributed by atoms with Crippen LogP contribution in [-0.4, -0.2) is 36.8 Å². The Kier molecular flexibility index (Phi) is 7.66. The van der Waals surface area contributed by atoms with Crippen molar-refractivity contribution in [3.8, 4) is 5.75 Å². The second-order valence-corrected chi connectivity index (χ2v) is 3.65. The van der Waals surface area contributed by atoms with Crippen LogP contribution >= 0.6 is 24.8 Å². The number of halogens is 2. The summed E-state index contributed by atoms with van der Waals surface area (Å²) in [5, 5.41) is 3.06. The molecule has 102 valence electrons. The minimum atomic E-state index is -0.258. The fraction of sp³-hybridized carbons (Fsp3) is 0.455. The molecule has 0 amide bonds. The van der Waals surface area contributed by atoms with E-state index in [2.05, 4.69) is 15.0 Å². The number of aromatic nitrogens is 1. The lowest BCUT2D eigenvalue weighted by Gasteiger charge is -2.11. The smallest absolute Gasteiger partial charge is 0.323 e. The van der Waals surface area contributed by atoms with Crippen LogP contribution in [-0.2, 0) is 9.53 Å². The van der Waals surface area contributed by atoms with Gasteiger partial charge in [-0.25, -0.2) is 0 Å². The Morgan fingerprint density at radius 1 is 1.50 bits per heavy atom. The number of nitrogens with one attached hydrogen (secondary N) is 1. The highest BCUT2D eigenvalue weighted by atomic mass is 35.5. The first-order chi connectivity index (χ1) is 7.79. The van der Waals surface area contributed by atoms with Gasteiger partial charge in [0.05, 0.1) is 13.3 Å². The van der Waals surface area contributed by atoms with E-state index in [4.69, 9.17) is 4.74 Å². The molecule has 1 aliphatic rings. The summed E-state index contributed by atoms with van der Waals surface area (Å²) in [4.78, 5) is 15.2. The van der Waals surface area contributed by atoms with Crippen LogP contribution in [0.1, 0.15) is 6.42 Å². The highest BCUT2D eigenvalue weighted by Gasteiger charge is 2.31. The maximum atomic E-state index is 11.3. The third kappa shape index (κ3) is 4.33. The molecule has 18 heavy (non-hydrogen) atoms. The van der Waals surface area contributed by atoms with E-state index >= 15 is 0 Å². The normalized spacial score (nSPS) is 21.4. The van der Waals surface area contributed by atoms with E-state index in [0.29, 0.717) is 13.0 Å². The Morgan fingerprint density at radius 3 is 2.89 bits per heavy atom. The second kappa shape index (κ2) is 8.13. The molecule has 1 N–H and O–H groups in total. The standard InChI is InChI=1S/C11H14N2O3.2ClH/c1-15-11(14)10-5-9(7-13-10)16-8-3-2-4-12-6-8;;/h2-4,6,9-10,13H,5,7H2,1H3;2*1H/t9-,10-;;/m1../s1. The van der Waals surface area contributed by atoms with Gasteiger partial charge in [0.2, 0.25) is 0 Å². The molecule has 1 aromatic heterocycles. The molecule has 0 aromatic carbocycles. The molecule has 0 radical (unpaired) electrons. The topological polar surface area (TPSA) is 60.5 Å². The van der Waals surface area contributed by atoms with Crippen molar-refractivity contribution in [1.82, 2.24) is 10.3 Å². The summed E-state index contributed by atoms with van der Waals surface area (Å²) >= 11 is 0. The van der Waals surface area contributed by atoms with Gasteiger partial charge >= 0.3 is 5.97 Å². The molecule has 1 fully saturated rings. The van der Waals surface area contributed by atoms with Crippen molar-refractivity contribution in [3.05, 3.63) is 24.5 Å². The van der Waals surface area contributed by atoms with Gasteiger partial charge in [-0.05, 0) is 12.1 Å². The number of esters is 1. The van der Waals surface area contributed by atoms with Gasteiger partial charge in [-0.3, -0.25) is 9.78 Å². The lowest BCUT2D eigenvalue weighted by Crippen LogP contribution is -2.31. The van der Waals surface area contributed by atoms with Crippen molar-refractivity contribution in [2.75, 3.05) is 13.7 Å². The van der Waals surface area contributed by atoms with Crippen LogP contribution in [0.4, 0.5) is 0 Å². The summed E-state index contributed by atoms with van der Waals surface area (Å²) in [6.45, 7) is 0.647. The average Bonchev–Trinajstić information content (AvgIpc) is 2.78. The fourth-order valence-corrected chi connectivity index (χ4v) is 1.72. The van der Waals surface area contributed by atoms with E-state index in [1.54, 1.807) is 12.4 Å². The molecule has 0 saturated carbocycles. The van der Waals surface area contributed by atoms with Gasteiger partial charge in [-0.15, -0.1) is 24.8 Å². The highest BCUT2D eigenvalue weighted by Crippen LogP contribution is 2.16. The average molecular weight is 295 g/mol. The van der Waals surface area contributed by atoms with Crippen molar-refractivity contribution in [2.24, 2.45) is 0 Å². The van der Waals surface area contributed by atoms with E-state index in [0.717, 1.165) is 5.75 Å². The first kappa shape index (κ1) is 17.0. The molecule has 1 aliphatic heterocycles. The third-order valence-corrected chi connectivity index (χ3v) is 2.51. The number of hydrogen-bond acceptors (Lipinski definition) is 5. The Hall–Kier alpha value is -1.04. The number of carbonyl (C=O) groups excluding carboxylic acids is 1. The molecule has 2 rings (SSSR count). The number of rotatable bonds is 3.